The van der Waals surface area contributed by atoms with E-state index in [0.29, 0.717) is 13.2 Å². The molecule has 1 unspecified atom stereocenters. The standard InChI is InChI=1S/C12H16ClNO2/c1-9-11(13)3-2-4-12(9)14-5-6-16-8-10(14)7-15/h2-4,10,15H,5-8H2,1H3. The zero-order valence-corrected chi connectivity index (χ0v) is 10.1. The highest BCUT2D eigenvalue weighted by atomic mass is 35.5. The van der Waals surface area contributed by atoms with E-state index in [9.17, 15) is 5.11 Å². The molecule has 1 aliphatic heterocycles. The Morgan fingerprint density at radius 2 is 2.38 bits per heavy atom. The van der Waals surface area contributed by atoms with Crippen molar-refractivity contribution in [2.75, 3.05) is 31.3 Å². The van der Waals surface area contributed by atoms with E-state index in [1.807, 2.05) is 25.1 Å². The van der Waals surface area contributed by atoms with Gasteiger partial charge in [-0.1, -0.05) is 17.7 Å². The van der Waals surface area contributed by atoms with Crippen LogP contribution in [0.25, 0.3) is 0 Å². The Morgan fingerprint density at radius 1 is 1.56 bits per heavy atom. The Balaban J connectivity index is 2.30. The van der Waals surface area contributed by atoms with Gasteiger partial charge in [0, 0.05) is 17.3 Å². The third-order valence-corrected chi connectivity index (χ3v) is 3.40. The molecule has 1 atom stereocenters. The second-order valence-electron chi connectivity index (χ2n) is 3.99. The van der Waals surface area contributed by atoms with Gasteiger partial charge in [-0.25, -0.2) is 0 Å². The molecule has 0 spiro atoms. The zero-order chi connectivity index (χ0) is 11.5. The van der Waals surface area contributed by atoms with Crippen LogP contribution in [0.1, 0.15) is 5.56 Å². The Bertz CT molecular complexity index is 370. The first kappa shape index (κ1) is 11.7. The van der Waals surface area contributed by atoms with Crippen LogP contribution in [0.5, 0.6) is 0 Å². The van der Waals surface area contributed by atoms with Crippen molar-refractivity contribution < 1.29 is 9.84 Å². The molecule has 0 bridgehead atoms. The van der Waals surface area contributed by atoms with Crippen LogP contribution >= 0.6 is 11.6 Å². The molecule has 0 aliphatic carbocycles. The summed E-state index contributed by atoms with van der Waals surface area (Å²) in [6.07, 6.45) is 0. The van der Waals surface area contributed by atoms with Crippen LogP contribution in [0.2, 0.25) is 5.02 Å². The van der Waals surface area contributed by atoms with Crippen molar-refractivity contribution in [1.29, 1.82) is 0 Å². The van der Waals surface area contributed by atoms with Crippen LogP contribution in [-0.2, 0) is 4.74 Å². The fourth-order valence-electron chi connectivity index (χ4n) is 2.03. The number of hydrogen-bond acceptors (Lipinski definition) is 3. The largest absolute Gasteiger partial charge is 0.394 e. The van der Waals surface area contributed by atoms with Crippen molar-refractivity contribution in [1.82, 2.24) is 0 Å². The normalized spacial score (nSPS) is 21.2. The van der Waals surface area contributed by atoms with E-state index in [1.54, 1.807) is 0 Å². The Kier molecular flexibility index (Phi) is 3.69. The Labute approximate surface area is 101 Å². The molecule has 0 amide bonds. The highest BCUT2D eigenvalue weighted by Crippen LogP contribution is 2.28. The summed E-state index contributed by atoms with van der Waals surface area (Å²) < 4.78 is 5.36. The average molecular weight is 242 g/mol. The van der Waals surface area contributed by atoms with Crippen LogP contribution in [-0.4, -0.2) is 37.5 Å². The summed E-state index contributed by atoms with van der Waals surface area (Å²) in [6, 6.07) is 5.89. The van der Waals surface area contributed by atoms with Gasteiger partial charge < -0.3 is 14.7 Å². The molecular weight excluding hydrogens is 226 g/mol. The topological polar surface area (TPSA) is 32.7 Å². The SMILES string of the molecule is Cc1c(Cl)cccc1N1CCOCC1CO. The molecule has 1 aromatic carbocycles. The first-order chi connectivity index (χ1) is 7.74. The van der Waals surface area contributed by atoms with E-state index < -0.39 is 0 Å². The predicted molar refractivity (Wildman–Crippen MR) is 65.2 cm³/mol. The molecule has 1 saturated heterocycles. The van der Waals surface area contributed by atoms with Crippen molar-refractivity contribution in [3.63, 3.8) is 0 Å². The highest BCUT2D eigenvalue weighted by molar-refractivity contribution is 6.31. The van der Waals surface area contributed by atoms with Crippen LogP contribution in [0.15, 0.2) is 18.2 Å². The Morgan fingerprint density at radius 3 is 3.12 bits per heavy atom. The summed E-state index contributed by atoms with van der Waals surface area (Å²) in [5.41, 5.74) is 2.15. The van der Waals surface area contributed by atoms with Crippen LogP contribution in [0, 0.1) is 6.92 Å². The molecule has 1 heterocycles. The number of aliphatic hydroxyl groups is 1. The van der Waals surface area contributed by atoms with Gasteiger partial charge >= 0.3 is 0 Å². The second-order valence-corrected chi connectivity index (χ2v) is 4.40. The van der Waals surface area contributed by atoms with Crippen LogP contribution in [0.4, 0.5) is 5.69 Å². The number of halogens is 1. The average Bonchev–Trinajstić information content (AvgIpc) is 2.33. The van der Waals surface area contributed by atoms with Crippen molar-refractivity contribution in [3.05, 3.63) is 28.8 Å². The van der Waals surface area contributed by atoms with E-state index in [1.165, 1.54) is 0 Å². The van der Waals surface area contributed by atoms with E-state index in [0.717, 1.165) is 22.8 Å². The number of aliphatic hydroxyl groups excluding tert-OH is 1. The fraction of sp³-hybridized carbons (Fsp3) is 0.500. The number of nitrogens with zero attached hydrogens (tertiary/aromatic N) is 1. The minimum Gasteiger partial charge on any atom is -0.394 e. The van der Waals surface area contributed by atoms with E-state index in [-0.39, 0.29) is 12.6 Å². The first-order valence-electron chi connectivity index (χ1n) is 5.44. The molecule has 16 heavy (non-hydrogen) atoms. The van der Waals surface area contributed by atoms with Gasteiger partial charge in [-0.3, -0.25) is 0 Å². The van der Waals surface area contributed by atoms with Gasteiger partial charge in [-0.05, 0) is 24.6 Å². The molecule has 88 valence electrons. The van der Waals surface area contributed by atoms with E-state index in [4.69, 9.17) is 16.3 Å². The number of ether oxygens (including phenoxy) is 1. The van der Waals surface area contributed by atoms with Gasteiger partial charge in [0.15, 0.2) is 0 Å². The third-order valence-electron chi connectivity index (χ3n) is 2.99. The first-order valence-corrected chi connectivity index (χ1v) is 5.82. The molecule has 0 radical (unpaired) electrons. The second kappa shape index (κ2) is 5.04. The maximum absolute atomic E-state index is 9.33. The molecule has 1 aliphatic rings. The maximum Gasteiger partial charge on any atom is 0.0755 e. The van der Waals surface area contributed by atoms with E-state index >= 15 is 0 Å². The van der Waals surface area contributed by atoms with Gasteiger partial charge in [0.2, 0.25) is 0 Å². The summed E-state index contributed by atoms with van der Waals surface area (Å²) in [7, 11) is 0. The monoisotopic (exact) mass is 241 g/mol. The molecular formula is C12H16ClNO2. The molecule has 4 heteroatoms. The van der Waals surface area contributed by atoms with Gasteiger partial charge in [0.25, 0.3) is 0 Å². The zero-order valence-electron chi connectivity index (χ0n) is 9.32. The summed E-state index contributed by atoms with van der Waals surface area (Å²) >= 11 is 6.10. The molecule has 1 N–H and O–H groups in total. The van der Waals surface area contributed by atoms with Crippen molar-refractivity contribution in [2.45, 2.75) is 13.0 Å². The molecule has 1 aromatic rings. The van der Waals surface area contributed by atoms with Crippen molar-refractivity contribution in [3.8, 4) is 0 Å². The van der Waals surface area contributed by atoms with Gasteiger partial charge in [0.05, 0.1) is 25.9 Å². The predicted octanol–water partition coefficient (Wildman–Crippen LogP) is 1.85. The van der Waals surface area contributed by atoms with Crippen LogP contribution in [0.3, 0.4) is 0 Å². The molecule has 3 nitrogen and oxygen atoms in total. The Hall–Kier alpha value is -0.770. The summed E-state index contributed by atoms with van der Waals surface area (Å²) in [5, 5.41) is 10.1. The van der Waals surface area contributed by atoms with E-state index in [2.05, 4.69) is 4.90 Å². The van der Waals surface area contributed by atoms with Crippen molar-refractivity contribution >= 4 is 17.3 Å². The van der Waals surface area contributed by atoms with Gasteiger partial charge in [-0.15, -0.1) is 0 Å². The number of benzene rings is 1. The lowest BCUT2D eigenvalue weighted by Crippen LogP contribution is -2.47. The minimum atomic E-state index is 0.0333. The lowest BCUT2D eigenvalue weighted by molar-refractivity contribution is 0.0726. The third kappa shape index (κ3) is 2.17. The molecule has 0 saturated carbocycles. The number of morpholine rings is 1. The summed E-state index contributed by atoms with van der Waals surface area (Å²) in [6.45, 7) is 4.17. The minimum absolute atomic E-state index is 0.0333. The number of hydrogen-bond donors (Lipinski definition) is 1. The maximum atomic E-state index is 9.33. The lowest BCUT2D eigenvalue weighted by atomic mass is 10.1. The number of rotatable bonds is 2. The highest BCUT2D eigenvalue weighted by Gasteiger charge is 2.23. The summed E-state index contributed by atoms with van der Waals surface area (Å²) in [4.78, 5) is 2.17. The summed E-state index contributed by atoms with van der Waals surface area (Å²) in [5.74, 6) is 0. The molecule has 1 fully saturated rings. The van der Waals surface area contributed by atoms with Gasteiger partial charge in [0.1, 0.15) is 0 Å². The van der Waals surface area contributed by atoms with Crippen LogP contribution < -0.4 is 4.90 Å². The lowest BCUT2D eigenvalue weighted by Gasteiger charge is -2.37. The van der Waals surface area contributed by atoms with Gasteiger partial charge in [-0.2, -0.15) is 0 Å². The fourth-order valence-corrected chi connectivity index (χ4v) is 2.20. The quantitative estimate of drug-likeness (QED) is 0.858. The van der Waals surface area contributed by atoms with Crippen molar-refractivity contribution in [2.24, 2.45) is 0 Å². The molecule has 2 rings (SSSR count). The smallest absolute Gasteiger partial charge is 0.0755 e. The number of anilines is 1. The molecule has 0 aromatic heterocycles.